The highest BCUT2D eigenvalue weighted by Crippen LogP contribution is 2.38. The average Bonchev–Trinajstić information content (AvgIpc) is 2.67. The minimum Gasteiger partial charge on any atom is -0.463 e. The van der Waals surface area contributed by atoms with E-state index in [-0.39, 0.29) is 18.2 Å². The number of aliphatic imine (C=N–C) groups is 1. The molecule has 1 atom stereocenters. The van der Waals surface area contributed by atoms with Gasteiger partial charge in [0, 0.05) is 11.3 Å². The molecule has 1 aromatic carbocycles. The van der Waals surface area contributed by atoms with E-state index >= 15 is 0 Å². The number of halogens is 1. The van der Waals surface area contributed by atoms with Crippen LogP contribution in [0.1, 0.15) is 29.9 Å². The SMILES string of the molecule is C#CCOc1cnc(C(=O)Nc2ccc(F)c(C3(C)C=C(C)SC(N)=N3)c2)cn1. The fourth-order valence-corrected chi connectivity index (χ4v) is 3.68. The highest BCUT2D eigenvalue weighted by atomic mass is 32.2. The first-order valence-corrected chi connectivity index (χ1v) is 9.35. The maximum absolute atomic E-state index is 14.6. The number of amidine groups is 1. The number of carbonyl (C=O) groups is 1. The van der Waals surface area contributed by atoms with Gasteiger partial charge in [0.25, 0.3) is 5.91 Å². The van der Waals surface area contributed by atoms with Crippen LogP contribution < -0.4 is 15.8 Å². The second-order valence-corrected chi connectivity index (χ2v) is 7.60. The Kier molecular flexibility index (Phi) is 5.84. The summed E-state index contributed by atoms with van der Waals surface area (Å²) in [7, 11) is 0. The average molecular weight is 411 g/mol. The number of hydrogen-bond acceptors (Lipinski definition) is 7. The molecule has 1 unspecified atom stereocenters. The molecule has 2 aromatic rings. The van der Waals surface area contributed by atoms with E-state index in [4.69, 9.17) is 16.9 Å². The van der Waals surface area contributed by atoms with E-state index in [1.165, 1.54) is 42.4 Å². The number of nitrogens with two attached hydrogens (primary N) is 1. The molecule has 0 radical (unpaired) electrons. The molecule has 9 heteroatoms. The van der Waals surface area contributed by atoms with Crippen LogP contribution in [0.25, 0.3) is 0 Å². The second-order valence-electron chi connectivity index (χ2n) is 6.34. The Morgan fingerprint density at radius 2 is 2.21 bits per heavy atom. The number of rotatable bonds is 5. The number of anilines is 1. The van der Waals surface area contributed by atoms with Crippen LogP contribution in [-0.4, -0.2) is 27.6 Å². The topological polar surface area (TPSA) is 102 Å². The summed E-state index contributed by atoms with van der Waals surface area (Å²) < 4.78 is 19.7. The lowest BCUT2D eigenvalue weighted by molar-refractivity contribution is 0.102. The van der Waals surface area contributed by atoms with Crippen LogP contribution in [0.5, 0.6) is 5.88 Å². The lowest BCUT2D eigenvalue weighted by Crippen LogP contribution is -2.26. The van der Waals surface area contributed by atoms with Crippen LogP contribution in [0.4, 0.5) is 10.1 Å². The van der Waals surface area contributed by atoms with Crippen molar-refractivity contribution in [1.82, 2.24) is 9.97 Å². The Morgan fingerprint density at radius 3 is 2.86 bits per heavy atom. The molecule has 29 heavy (non-hydrogen) atoms. The van der Waals surface area contributed by atoms with Crippen molar-refractivity contribution in [2.24, 2.45) is 10.7 Å². The molecule has 1 aliphatic rings. The van der Waals surface area contributed by atoms with Gasteiger partial charge in [0.15, 0.2) is 11.8 Å². The van der Waals surface area contributed by atoms with Gasteiger partial charge in [-0.05, 0) is 43.0 Å². The van der Waals surface area contributed by atoms with Crippen molar-refractivity contribution in [2.45, 2.75) is 19.4 Å². The summed E-state index contributed by atoms with van der Waals surface area (Å²) in [6, 6.07) is 4.26. The van der Waals surface area contributed by atoms with Crippen LogP contribution >= 0.6 is 11.8 Å². The molecule has 148 valence electrons. The summed E-state index contributed by atoms with van der Waals surface area (Å²) in [5, 5.41) is 3.03. The fourth-order valence-electron chi connectivity index (χ4n) is 2.82. The number of nitrogens with zero attached hydrogens (tertiary/aromatic N) is 3. The summed E-state index contributed by atoms with van der Waals surface area (Å²) in [6.07, 6.45) is 9.51. The van der Waals surface area contributed by atoms with E-state index in [0.717, 1.165) is 4.91 Å². The minimum absolute atomic E-state index is 0.0524. The van der Waals surface area contributed by atoms with Gasteiger partial charge in [0.1, 0.15) is 17.1 Å². The number of nitrogens with one attached hydrogen (secondary N) is 1. The van der Waals surface area contributed by atoms with E-state index in [0.29, 0.717) is 16.4 Å². The summed E-state index contributed by atoms with van der Waals surface area (Å²) in [5.74, 6) is 1.57. The van der Waals surface area contributed by atoms with Gasteiger partial charge in [-0.15, -0.1) is 6.42 Å². The number of allylic oxidation sites excluding steroid dienone is 1. The first kappa shape index (κ1) is 20.4. The molecular formula is C20H18FN5O2S. The third kappa shape index (κ3) is 4.73. The van der Waals surface area contributed by atoms with Crippen molar-refractivity contribution in [3.63, 3.8) is 0 Å². The van der Waals surface area contributed by atoms with Crippen LogP contribution in [0.3, 0.4) is 0 Å². The molecule has 3 rings (SSSR count). The standard InChI is InChI=1S/C20H18FN5O2S/c1-4-7-28-17-11-23-16(10-24-17)18(27)25-13-5-6-15(21)14(8-13)20(3)9-12(2)29-19(22)26-20/h1,5-6,8-11H,7H2,2-3H3,(H2,22,26)(H,25,27). The summed E-state index contributed by atoms with van der Waals surface area (Å²) in [5.41, 5.74) is 5.65. The third-order valence-electron chi connectivity index (χ3n) is 4.03. The van der Waals surface area contributed by atoms with E-state index in [1.54, 1.807) is 6.92 Å². The summed E-state index contributed by atoms with van der Waals surface area (Å²) in [4.78, 5) is 25.7. The Balaban J connectivity index is 1.82. The molecule has 0 saturated carbocycles. The predicted molar refractivity (Wildman–Crippen MR) is 111 cm³/mol. The maximum Gasteiger partial charge on any atom is 0.275 e. The van der Waals surface area contributed by atoms with E-state index in [9.17, 15) is 9.18 Å². The molecule has 1 aromatic heterocycles. The molecule has 0 bridgehead atoms. The number of benzene rings is 1. The lowest BCUT2D eigenvalue weighted by Gasteiger charge is -2.27. The quantitative estimate of drug-likeness (QED) is 0.733. The number of aromatic nitrogens is 2. The lowest BCUT2D eigenvalue weighted by atomic mass is 9.91. The van der Waals surface area contributed by atoms with Gasteiger partial charge in [-0.2, -0.15) is 0 Å². The molecule has 0 fully saturated rings. The van der Waals surface area contributed by atoms with Crippen LogP contribution in [0, 0.1) is 18.2 Å². The van der Waals surface area contributed by atoms with Gasteiger partial charge in [-0.1, -0.05) is 17.7 Å². The smallest absolute Gasteiger partial charge is 0.275 e. The Morgan fingerprint density at radius 1 is 1.41 bits per heavy atom. The number of hydrogen-bond donors (Lipinski definition) is 2. The Labute approximate surface area is 171 Å². The first-order chi connectivity index (χ1) is 13.8. The van der Waals surface area contributed by atoms with Gasteiger partial charge in [-0.25, -0.2) is 19.4 Å². The monoisotopic (exact) mass is 411 g/mol. The zero-order chi connectivity index (χ0) is 21.0. The molecule has 7 nitrogen and oxygen atoms in total. The van der Waals surface area contributed by atoms with Crippen LogP contribution in [-0.2, 0) is 5.54 Å². The largest absolute Gasteiger partial charge is 0.463 e. The van der Waals surface area contributed by atoms with E-state index < -0.39 is 17.3 Å². The highest BCUT2D eigenvalue weighted by Gasteiger charge is 2.30. The third-order valence-corrected chi connectivity index (χ3v) is 4.77. The second kappa shape index (κ2) is 8.32. The molecule has 1 aliphatic heterocycles. The summed E-state index contributed by atoms with van der Waals surface area (Å²) >= 11 is 1.32. The molecule has 1 amide bonds. The zero-order valence-electron chi connectivity index (χ0n) is 15.8. The number of thioether (sulfide) groups is 1. The van der Waals surface area contributed by atoms with Gasteiger partial charge in [0.05, 0.1) is 12.4 Å². The van der Waals surface area contributed by atoms with E-state index in [1.807, 2.05) is 13.0 Å². The first-order valence-electron chi connectivity index (χ1n) is 8.53. The molecule has 2 heterocycles. The van der Waals surface area contributed by atoms with Gasteiger partial charge in [-0.3, -0.25) is 4.79 Å². The highest BCUT2D eigenvalue weighted by molar-refractivity contribution is 8.17. The molecular weight excluding hydrogens is 393 g/mol. The number of terminal acetylenes is 1. The van der Waals surface area contributed by atoms with Crippen molar-refractivity contribution < 1.29 is 13.9 Å². The number of amides is 1. The number of carbonyl (C=O) groups excluding carboxylic acids is 1. The van der Waals surface area contributed by atoms with Crippen molar-refractivity contribution in [3.05, 3.63) is 58.6 Å². The van der Waals surface area contributed by atoms with Gasteiger partial charge in [0.2, 0.25) is 5.88 Å². The predicted octanol–water partition coefficient (Wildman–Crippen LogP) is 3.06. The van der Waals surface area contributed by atoms with Crippen molar-refractivity contribution in [3.8, 4) is 18.2 Å². The maximum atomic E-state index is 14.6. The van der Waals surface area contributed by atoms with Crippen molar-refractivity contribution in [1.29, 1.82) is 0 Å². The Bertz CT molecular complexity index is 1030. The fraction of sp³-hybridized carbons (Fsp3) is 0.200. The van der Waals surface area contributed by atoms with Crippen molar-refractivity contribution in [2.75, 3.05) is 11.9 Å². The van der Waals surface area contributed by atoms with E-state index in [2.05, 4.69) is 26.2 Å². The van der Waals surface area contributed by atoms with Crippen LogP contribution in [0.15, 0.2) is 46.6 Å². The van der Waals surface area contributed by atoms with Gasteiger partial charge < -0.3 is 15.8 Å². The minimum atomic E-state index is -0.972. The normalized spacial score (nSPS) is 18.3. The molecule has 0 saturated heterocycles. The summed E-state index contributed by atoms with van der Waals surface area (Å²) in [6.45, 7) is 3.69. The van der Waals surface area contributed by atoms with Crippen LogP contribution in [0.2, 0.25) is 0 Å². The number of ether oxygens (including phenoxy) is 1. The molecule has 3 N–H and O–H groups in total. The molecule has 0 aliphatic carbocycles. The Hall–Kier alpha value is -3.38. The van der Waals surface area contributed by atoms with Crippen molar-refractivity contribution >= 4 is 28.5 Å². The molecule has 0 spiro atoms. The van der Waals surface area contributed by atoms with Gasteiger partial charge >= 0.3 is 0 Å². The zero-order valence-corrected chi connectivity index (χ0v) is 16.6.